The summed E-state index contributed by atoms with van der Waals surface area (Å²) in [6.45, 7) is 0. The van der Waals surface area contributed by atoms with Gasteiger partial charge in [0.25, 0.3) is 5.91 Å². The number of benzene rings is 2. The SMILES string of the molecule is COc1ccc(OC)c(NC(=O)c2ccc(Br)cc2Cl)c1. The van der Waals surface area contributed by atoms with Gasteiger partial charge in [-0.05, 0) is 30.3 Å². The Kier molecular flexibility index (Phi) is 5.09. The van der Waals surface area contributed by atoms with Crippen LogP contribution in [0.3, 0.4) is 0 Å². The minimum Gasteiger partial charge on any atom is -0.497 e. The molecule has 0 saturated carbocycles. The van der Waals surface area contributed by atoms with Crippen molar-refractivity contribution in [2.75, 3.05) is 19.5 Å². The highest BCUT2D eigenvalue weighted by molar-refractivity contribution is 9.10. The molecule has 2 rings (SSSR count). The summed E-state index contributed by atoms with van der Waals surface area (Å²) in [5.41, 5.74) is 0.894. The summed E-state index contributed by atoms with van der Waals surface area (Å²) in [6.07, 6.45) is 0. The number of halogens is 2. The van der Waals surface area contributed by atoms with Crippen molar-refractivity contribution in [3.8, 4) is 11.5 Å². The van der Waals surface area contributed by atoms with Crippen molar-refractivity contribution in [1.82, 2.24) is 0 Å². The second-order valence-electron chi connectivity index (χ2n) is 4.14. The summed E-state index contributed by atoms with van der Waals surface area (Å²) in [7, 11) is 3.09. The van der Waals surface area contributed by atoms with Gasteiger partial charge in [0.1, 0.15) is 11.5 Å². The normalized spacial score (nSPS) is 10.1. The van der Waals surface area contributed by atoms with Crippen molar-refractivity contribution < 1.29 is 14.3 Å². The Hall–Kier alpha value is -1.72. The van der Waals surface area contributed by atoms with Gasteiger partial charge in [-0.25, -0.2) is 0 Å². The molecule has 21 heavy (non-hydrogen) atoms. The average Bonchev–Trinajstić information content (AvgIpc) is 2.46. The maximum Gasteiger partial charge on any atom is 0.257 e. The Morgan fingerprint density at radius 2 is 1.90 bits per heavy atom. The number of methoxy groups -OCH3 is 2. The first-order valence-electron chi connectivity index (χ1n) is 6.03. The summed E-state index contributed by atoms with van der Waals surface area (Å²) >= 11 is 9.38. The van der Waals surface area contributed by atoms with Gasteiger partial charge in [-0.1, -0.05) is 27.5 Å². The van der Waals surface area contributed by atoms with Crippen LogP contribution in [0.4, 0.5) is 5.69 Å². The average molecular weight is 371 g/mol. The molecule has 0 radical (unpaired) electrons. The fourth-order valence-corrected chi connectivity index (χ4v) is 2.53. The molecule has 0 aliphatic heterocycles. The molecule has 0 atom stereocenters. The van der Waals surface area contributed by atoms with E-state index in [2.05, 4.69) is 21.2 Å². The van der Waals surface area contributed by atoms with Gasteiger partial charge in [0.05, 0.1) is 30.5 Å². The third-order valence-corrected chi connectivity index (χ3v) is 3.64. The lowest BCUT2D eigenvalue weighted by molar-refractivity contribution is 0.102. The molecule has 2 aromatic carbocycles. The van der Waals surface area contributed by atoms with Gasteiger partial charge in [-0.15, -0.1) is 0 Å². The Balaban J connectivity index is 2.30. The van der Waals surface area contributed by atoms with Gasteiger partial charge in [0, 0.05) is 10.5 Å². The van der Waals surface area contributed by atoms with E-state index in [0.29, 0.717) is 27.8 Å². The maximum atomic E-state index is 12.3. The first-order chi connectivity index (χ1) is 10.0. The molecule has 1 amide bonds. The van der Waals surface area contributed by atoms with Crippen LogP contribution in [-0.2, 0) is 0 Å². The van der Waals surface area contributed by atoms with Crippen LogP contribution in [0.25, 0.3) is 0 Å². The van der Waals surface area contributed by atoms with E-state index < -0.39 is 0 Å². The number of anilines is 1. The van der Waals surface area contributed by atoms with E-state index in [1.165, 1.54) is 7.11 Å². The lowest BCUT2D eigenvalue weighted by Gasteiger charge is -2.12. The highest BCUT2D eigenvalue weighted by Crippen LogP contribution is 2.30. The van der Waals surface area contributed by atoms with Crippen LogP contribution in [0.2, 0.25) is 5.02 Å². The van der Waals surface area contributed by atoms with Crippen molar-refractivity contribution in [3.05, 3.63) is 51.5 Å². The lowest BCUT2D eigenvalue weighted by Crippen LogP contribution is -2.13. The number of hydrogen-bond acceptors (Lipinski definition) is 3. The third-order valence-electron chi connectivity index (χ3n) is 2.83. The Morgan fingerprint density at radius 1 is 1.14 bits per heavy atom. The molecule has 0 heterocycles. The third kappa shape index (κ3) is 3.68. The number of carbonyl (C=O) groups excluding carboxylic acids is 1. The minimum absolute atomic E-state index is 0.320. The molecule has 1 N–H and O–H groups in total. The summed E-state index contributed by atoms with van der Waals surface area (Å²) in [4.78, 5) is 12.3. The van der Waals surface area contributed by atoms with E-state index in [4.69, 9.17) is 21.1 Å². The Bertz CT molecular complexity index is 676. The molecular weight excluding hydrogens is 358 g/mol. The molecular formula is C15H13BrClNO3. The second kappa shape index (κ2) is 6.83. The van der Waals surface area contributed by atoms with Crippen LogP contribution in [0.5, 0.6) is 11.5 Å². The molecule has 0 fully saturated rings. The standard InChI is InChI=1S/C15H13BrClNO3/c1-20-10-4-6-14(21-2)13(8-10)18-15(19)11-5-3-9(16)7-12(11)17/h3-8H,1-2H3,(H,18,19). The van der Waals surface area contributed by atoms with E-state index in [0.717, 1.165) is 4.47 Å². The van der Waals surface area contributed by atoms with Gasteiger partial charge in [-0.2, -0.15) is 0 Å². The molecule has 4 nitrogen and oxygen atoms in total. The number of carbonyl (C=O) groups is 1. The largest absolute Gasteiger partial charge is 0.497 e. The topological polar surface area (TPSA) is 47.6 Å². The number of hydrogen-bond donors (Lipinski definition) is 1. The van der Waals surface area contributed by atoms with Crippen LogP contribution in [0.1, 0.15) is 10.4 Å². The van der Waals surface area contributed by atoms with E-state index in [1.54, 1.807) is 43.5 Å². The van der Waals surface area contributed by atoms with E-state index >= 15 is 0 Å². The van der Waals surface area contributed by atoms with Crippen LogP contribution in [0.15, 0.2) is 40.9 Å². The monoisotopic (exact) mass is 369 g/mol. The molecule has 6 heteroatoms. The molecule has 110 valence electrons. The summed E-state index contributed by atoms with van der Waals surface area (Å²) in [5.74, 6) is 0.837. The van der Waals surface area contributed by atoms with Gasteiger partial charge in [0.2, 0.25) is 0 Å². The molecule has 0 aliphatic rings. The summed E-state index contributed by atoms with van der Waals surface area (Å²) < 4.78 is 11.2. The Labute approximate surface area is 136 Å². The maximum absolute atomic E-state index is 12.3. The summed E-state index contributed by atoms with van der Waals surface area (Å²) in [5, 5.41) is 3.13. The second-order valence-corrected chi connectivity index (χ2v) is 5.47. The molecule has 0 aliphatic carbocycles. The minimum atomic E-state index is -0.320. The highest BCUT2D eigenvalue weighted by Gasteiger charge is 2.14. The predicted molar refractivity (Wildman–Crippen MR) is 86.7 cm³/mol. The highest BCUT2D eigenvalue weighted by atomic mass is 79.9. The zero-order chi connectivity index (χ0) is 15.4. The number of rotatable bonds is 4. The molecule has 0 spiro atoms. The van der Waals surface area contributed by atoms with Crippen molar-refractivity contribution >= 4 is 39.1 Å². The molecule has 0 bridgehead atoms. The Morgan fingerprint density at radius 3 is 2.52 bits per heavy atom. The van der Waals surface area contributed by atoms with Crippen molar-refractivity contribution in [2.24, 2.45) is 0 Å². The smallest absolute Gasteiger partial charge is 0.257 e. The molecule has 0 unspecified atom stereocenters. The van der Waals surface area contributed by atoms with Crippen LogP contribution in [0, 0.1) is 0 Å². The van der Waals surface area contributed by atoms with Gasteiger partial charge >= 0.3 is 0 Å². The lowest BCUT2D eigenvalue weighted by atomic mass is 10.2. The predicted octanol–water partition coefficient (Wildman–Crippen LogP) is 4.37. The van der Waals surface area contributed by atoms with E-state index in [1.807, 2.05) is 0 Å². The number of ether oxygens (including phenoxy) is 2. The quantitative estimate of drug-likeness (QED) is 0.869. The van der Waals surface area contributed by atoms with Crippen molar-refractivity contribution in [2.45, 2.75) is 0 Å². The first kappa shape index (κ1) is 15.7. The van der Waals surface area contributed by atoms with Gasteiger partial charge < -0.3 is 14.8 Å². The van der Waals surface area contributed by atoms with E-state index in [9.17, 15) is 4.79 Å². The van der Waals surface area contributed by atoms with Crippen molar-refractivity contribution in [3.63, 3.8) is 0 Å². The van der Waals surface area contributed by atoms with Crippen LogP contribution in [-0.4, -0.2) is 20.1 Å². The van der Waals surface area contributed by atoms with Gasteiger partial charge in [-0.3, -0.25) is 4.79 Å². The number of nitrogens with one attached hydrogen (secondary N) is 1. The van der Waals surface area contributed by atoms with Crippen molar-refractivity contribution in [1.29, 1.82) is 0 Å². The van der Waals surface area contributed by atoms with Crippen LogP contribution >= 0.6 is 27.5 Å². The molecule has 0 saturated heterocycles. The van der Waals surface area contributed by atoms with E-state index in [-0.39, 0.29) is 5.91 Å². The zero-order valence-electron chi connectivity index (χ0n) is 11.4. The van der Waals surface area contributed by atoms with Crippen LogP contribution < -0.4 is 14.8 Å². The molecule has 2 aromatic rings. The fraction of sp³-hybridized carbons (Fsp3) is 0.133. The number of amides is 1. The fourth-order valence-electron chi connectivity index (χ4n) is 1.78. The zero-order valence-corrected chi connectivity index (χ0v) is 13.8. The molecule has 0 aromatic heterocycles. The first-order valence-corrected chi connectivity index (χ1v) is 7.20. The summed E-state index contributed by atoms with van der Waals surface area (Å²) in [6, 6.07) is 10.2. The van der Waals surface area contributed by atoms with Gasteiger partial charge in [0.15, 0.2) is 0 Å².